The zero-order valence-electron chi connectivity index (χ0n) is 5.87. The molecule has 0 amide bonds. The van der Waals surface area contributed by atoms with Crippen LogP contribution in [-0.2, 0) is 13.9 Å². The smallest absolute Gasteiger partial charge is 0.780 e. The molecule has 0 heterocycles. The molecule has 1 atom stereocenters. The summed E-state index contributed by atoms with van der Waals surface area (Å²) in [5, 5.41) is 16.4. The van der Waals surface area contributed by atoms with E-state index >= 15 is 0 Å². The summed E-state index contributed by atoms with van der Waals surface area (Å²) in [6.45, 7) is -1.00. The van der Waals surface area contributed by atoms with Gasteiger partial charge in [0.05, 0.1) is 6.61 Å². The van der Waals surface area contributed by atoms with Crippen molar-refractivity contribution in [1.29, 1.82) is 0 Å². The molecule has 0 radical (unpaired) electrons. The Bertz CT molecular complexity index is 187. The third kappa shape index (κ3) is 7.45. The monoisotopic (exact) mass is 224 g/mol. The summed E-state index contributed by atoms with van der Waals surface area (Å²) in [4.78, 5) is 29.6. The van der Waals surface area contributed by atoms with Gasteiger partial charge in [-0.1, -0.05) is 0 Å². The molecule has 0 aromatic rings. The van der Waals surface area contributed by atoms with Gasteiger partial charge in [0.2, 0.25) is 0 Å². The van der Waals surface area contributed by atoms with Crippen LogP contribution in [-0.4, -0.2) is 66.6 Å². The number of aliphatic hydroxyl groups excluding tert-OH is 2. The van der Waals surface area contributed by atoms with E-state index in [-0.39, 0.29) is 37.7 Å². The van der Waals surface area contributed by atoms with E-state index in [9.17, 15) is 19.1 Å². The van der Waals surface area contributed by atoms with Crippen molar-refractivity contribution < 1.29 is 33.9 Å². The second-order valence-electron chi connectivity index (χ2n) is 1.56. The van der Waals surface area contributed by atoms with Crippen LogP contribution in [0.15, 0.2) is 0 Å². The van der Waals surface area contributed by atoms with Crippen molar-refractivity contribution in [3.05, 3.63) is 0 Å². The fourth-order valence-electron chi connectivity index (χ4n) is 0.246. The van der Waals surface area contributed by atoms with E-state index < -0.39 is 26.5 Å². The summed E-state index contributed by atoms with van der Waals surface area (Å²) in [6, 6.07) is 0. The van der Waals surface area contributed by atoms with Gasteiger partial charge < -0.3 is 29.1 Å². The van der Waals surface area contributed by atoms with Gasteiger partial charge in [-0.15, -0.1) is 0 Å². The van der Waals surface area contributed by atoms with Crippen molar-refractivity contribution in [2.45, 2.75) is 6.10 Å². The molecule has 2 N–H and O–H groups in total. The van der Waals surface area contributed by atoms with Crippen LogP contribution in [0.3, 0.4) is 0 Å². The van der Waals surface area contributed by atoms with Crippen molar-refractivity contribution in [2.24, 2.45) is 0 Å². The van der Waals surface area contributed by atoms with Crippen molar-refractivity contribution >= 4 is 51.5 Å². The van der Waals surface area contributed by atoms with Gasteiger partial charge in [0.15, 0.2) is 6.10 Å². The Hall–Kier alpha value is 0.800. The quantitative estimate of drug-likeness (QED) is 0.373. The number of carbonyl (C=O) groups excluding carboxylic acids is 1. The molecule has 0 spiro atoms. The maximum absolute atomic E-state index is 10.2. The van der Waals surface area contributed by atoms with Crippen LogP contribution in [0.4, 0.5) is 0 Å². The normalized spacial score (nSPS) is 13.0. The molecule has 0 saturated carbocycles. The Morgan fingerprint density at radius 3 is 2.25 bits per heavy atom. The predicted octanol–water partition coefficient (Wildman–Crippen LogP) is -3.67. The van der Waals surface area contributed by atoms with E-state index in [4.69, 9.17) is 10.2 Å². The topological polar surface area (TPSA) is 130 Å². The van der Waals surface area contributed by atoms with E-state index in [2.05, 4.69) is 4.52 Å². The first kappa shape index (κ1) is 15.3. The van der Waals surface area contributed by atoms with Gasteiger partial charge in [0.1, 0.15) is 7.82 Å². The molecule has 66 valence electrons. The Balaban J connectivity index is 0. The fourth-order valence-corrected chi connectivity index (χ4v) is 0.588. The third-order valence-corrected chi connectivity index (χ3v) is 1.05. The standard InChI is InChI=1S/C3H7O7P.Ca/c4-1-2(5)3(6)10-11(7,8)9;/h2,4-5H,1H2,(H2,7,8,9);/q;+2/p-2. The van der Waals surface area contributed by atoms with Gasteiger partial charge in [0.25, 0.3) is 0 Å². The molecule has 0 aromatic carbocycles. The molecule has 0 rings (SSSR count). The van der Waals surface area contributed by atoms with E-state index in [0.717, 1.165) is 0 Å². The molecule has 0 fully saturated rings. The van der Waals surface area contributed by atoms with Crippen LogP contribution in [0.2, 0.25) is 0 Å². The SMILES string of the molecule is O=C(OP(=O)([O-])[O-])C(O)CO.[Ca+2]. The zero-order valence-corrected chi connectivity index (χ0v) is 8.98. The molecule has 1 unspecified atom stereocenters. The maximum Gasteiger partial charge on any atom is 2.00 e. The van der Waals surface area contributed by atoms with Crippen molar-refractivity contribution in [2.75, 3.05) is 6.61 Å². The van der Waals surface area contributed by atoms with Gasteiger partial charge in [-0.05, 0) is 0 Å². The third-order valence-electron chi connectivity index (χ3n) is 0.647. The minimum atomic E-state index is -5.41. The molecular formula is C3H5CaO7P. The molecule has 0 aliphatic carbocycles. The van der Waals surface area contributed by atoms with E-state index in [1.165, 1.54) is 0 Å². The van der Waals surface area contributed by atoms with E-state index in [1.807, 2.05) is 0 Å². The van der Waals surface area contributed by atoms with Crippen LogP contribution in [0, 0.1) is 0 Å². The van der Waals surface area contributed by atoms with Gasteiger partial charge >= 0.3 is 43.7 Å². The van der Waals surface area contributed by atoms with E-state index in [0.29, 0.717) is 0 Å². The van der Waals surface area contributed by atoms with Crippen LogP contribution in [0.1, 0.15) is 0 Å². The Labute approximate surface area is 97.6 Å². The minimum Gasteiger partial charge on any atom is -0.780 e. The largest absolute Gasteiger partial charge is 2.00 e. The number of phosphoric acid groups is 1. The van der Waals surface area contributed by atoms with Crippen molar-refractivity contribution in [3.8, 4) is 0 Å². The summed E-state index contributed by atoms with van der Waals surface area (Å²) in [5.74, 6) is -1.68. The Kier molecular flexibility index (Phi) is 8.00. The molecule has 0 aromatic heterocycles. The Morgan fingerprint density at radius 1 is 1.58 bits per heavy atom. The molecule has 12 heavy (non-hydrogen) atoms. The summed E-state index contributed by atoms with van der Waals surface area (Å²) in [5.41, 5.74) is 0. The summed E-state index contributed by atoms with van der Waals surface area (Å²) >= 11 is 0. The number of hydrogen-bond donors (Lipinski definition) is 2. The predicted molar refractivity (Wildman–Crippen MR) is 32.5 cm³/mol. The van der Waals surface area contributed by atoms with Crippen LogP contribution >= 0.6 is 7.82 Å². The number of phosphoric ester groups is 1. The average molecular weight is 224 g/mol. The number of hydrogen-bond acceptors (Lipinski definition) is 7. The number of rotatable bonds is 3. The molecule has 0 aliphatic rings. The Morgan fingerprint density at radius 2 is 2.00 bits per heavy atom. The second-order valence-corrected chi connectivity index (χ2v) is 2.63. The second kappa shape index (κ2) is 6.28. The molecule has 9 heteroatoms. The number of aliphatic hydroxyl groups is 2. The summed E-state index contributed by atoms with van der Waals surface area (Å²) in [7, 11) is -5.41. The fraction of sp³-hybridized carbons (Fsp3) is 0.667. The zero-order chi connectivity index (χ0) is 9.07. The summed E-state index contributed by atoms with van der Waals surface area (Å²) < 4.78 is 12.9. The van der Waals surface area contributed by atoms with Gasteiger partial charge in [0, 0.05) is 0 Å². The van der Waals surface area contributed by atoms with Gasteiger partial charge in [-0.2, -0.15) is 0 Å². The summed E-state index contributed by atoms with van der Waals surface area (Å²) in [6.07, 6.45) is -1.99. The van der Waals surface area contributed by atoms with Gasteiger partial charge in [-0.25, -0.2) is 4.79 Å². The van der Waals surface area contributed by atoms with Crippen LogP contribution < -0.4 is 9.79 Å². The first-order valence-electron chi connectivity index (χ1n) is 2.41. The first-order valence-corrected chi connectivity index (χ1v) is 3.87. The average Bonchev–Trinajstić information content (AvgIpc) is 1.82. The van der Waals surface area contributed by atoms with Gasteiger partial charge in [-0.3, -0.25) is 0 Å². The van der Waals surface area contributed by atoms with E-state index in [1.54, 1.807) is 0 Å². The molecule has 0 bridgehead atoms. The van der Waals surface area contributed by atoms with Crippen molar-refractivity contribution in [3.63, 3.8) is 0 Å². The van der Waals surface area contributed by atoms with Crippen LogP contribution in [0.5, 0.6) is 0 Å². The van der Waals surface area contributed by atoms with Crippen molar-refractivity contribution in [1.82, 2.24) is 0 Å². The van der Waals surface area contributed by atoms with Crippen LogP contribution in [0.25, 0.3) is 0 Å². The maximum atomic E-state index is 10.2. The molecule has 0 saturated heterocycles. The molecular weight excluding hydrogens is 219 g/mol. The molecule has 0 aliphatic heterocycles. The first-order chi connectivity index (χ1) is 4.87. The number of carbonyl (C=O) groups is 1. The molecule has 7 nitrogen and oxygen atoms in total. The minimum absolute atomic E-state index is 0.